The molecule has 1 aromatic rings. The molecule has 1 unspecified atom stereocenters. The van der Waals surface area contributed by atoms with Gasteiger partial charge in [0, 0.05) is 26.7 Å². The third kappa shape index (κ3) is 4.53. The maximum atomic E-state index is 12.6. The van der Waals surface area contributed by atoms with Gasteiger partial charge in [-0.1, -0.05) is 18.1 Å². The Balaban J connectivity index is 1.51. The summed E-state index contributed by atoms with van der Waals surface area (Å²) in [4.78, 5) is 17.2. The van der Waals surface area contributed by atoms with Gasteiger partial charge in [0.05, 0.1) is 18.3 Å². The van der Waals surface area contributed by atoms with Gasteiger partial charge in [-0.15, -0.1) is 5.10 Å². The number of amides is 1. The van der Waals surface area contributed by atoms with Crippen molar-refractivity contribution < 1.29 is 4.79 Å². The lowest BCUT2D eigenvalue weighted by Crippen LogP contribution is -2.44. The summed E-state index contributed by atoms with van der Waals surface area (Å²) in [5.74, 6) is 0.853. The Kier molecular flexibility index (Phi) is 5.65. The predicted octanol–water partition coefficient (Wildman–Crippen LogP) is 1.47. The Morgan fingerprint density at radius 1 is 1.17 bits per heavy atom. The fraction of sp³-hybridized carbons (Fsp3) is 0.824. The van der Waals surface area contributed by atoms with Crippen molar-refractivity contribution in [3.8, 4) is 0 Å². The third-order valence-electron chi connectivity index (χ3n) is 5.23. The Hall–Kier alpha value is -1.43. The zero-order valence-electron chi connectivity index (χ0n) is 14.3. The van der Waals surface area contributed by atoms with E-state index in [1.165, 1.54) is 45.2 Å². The van der Waals surface area contributed by atoms with Gasteiger partial charge in [-0.25, -0.2) is 0 Å². The van der Waals surface area contributed by atoms with Crippen molar-refractivity contribution in [1.29, 1.82) is 0 Å². The molecule has 2 saturated heterocycles. The minimum atomic E-state index is 0.218. The highest BCUT2D eigenvalue weighted by Crippen LogP contribution is 2.20. The van der Waals surface area contributed by atoms with E-state index in [1.54, 1.807) is 10.9 Å². The van der Waals surface area contributed by atoms with Gasteiger partial charge < -0.3 is 9.80 Å². The summed E-state index contributed by atoms with van der Waals surface area (Å²) in [6.45, 7) is 5.47. The number of carbonyl (C=O) groups excluding carboxylic acids is 1. The Bertz CT molecular complexity index is 507. The highest BCUT2D eigenvalue weighted by atomic mass is 16.2. The average Bonchev–Trinajstić information content (AvgIpc) is 2.80. The van der Waals surface area contributed by atoms with Crippen LogP contribution in [0.3, 0.4) is 0 Å². The second-order valence-electron chi connectivity index (χ2n) is 7.09. The molecule has 128 valence electrons. The molecular formula is C17H29N5O. The van der Waals surface area contributed by atoms with Crippen LogP contribution >= 0.6 is 0 Å². The Labute approximate surface area is 138 Å². The molecule has 1 aromatic heterocycles. The van der Waals surface area contributed by atoms with Crippen molar-refractivity contribution in [3.63, 3.8) is 0 Å². The molecule has 0 radical (unpaired) electrons. The van der Waals surface area contributed by atoms with Crippen molar-refractivity contribution in [2.24, 2.45) is 13.0 Å². The molecule has 0 N–H and O–H groups in total. The standard InChI is InChI=1S/C17H29N5O/c1-20-16(12-18-19-20)11-17(23)22-10-6-7-15(14-22)13-21-8-4-2-3-5-9-21/h12,15H,2-11,13-14H2,1H3. The molecule has 0 saturated carbocycles. The van der Waals surface area contributed by atoms with Gasteiger partial charge in [-0.3, -0.25) is 9.48 Å². The Morgan fingerprint density at radius 2 is 1.96 bits per heavy atom. The van der Waals surface area contributed by atoms with Crippen molar-refractivity contribution in [2.75, 3.05) is 32.7 Å². The summed E-state index contributed by atoms with van der Waals surface area (Å²) in [6, 6.07) is 0. The SMILES string of the molecule is Cn1nncc1CC(=O)N1CCCC(CN2CCCCCC2)C1. The van der Waals surface area contributed by atoms with Crippen LogP contribution in [0.5, 0.6) is 0 Å². The highest BCUT2D eigenvalue weighted by molar-refractivity contribution is 5.78. The first-order chi connectivity index (χ1) is 11.2. The van der Waals surface area contributed by atoms with Crippen LogP contribution in [0.15, 0.2) is 6.20 Å². The number of hydrogen-bond acceptors (Lipinski definition) is 4. The number of likely N-dealkylation sites (tertiary alicyclic amines) is 2. The van der Waals surface area contributed by atoms with Gasteiger partial charge in [0.25, 0.3) is 0 Å². The summed E-state index contributed by atoms with van der Waals surface area (Å²) in [5.41, 5.74) is 0.893. The first-order valence-electron chi connectivity index (χ1n) is 9.06. The molecule has 23 heavy (non-hydrogen) atoms. The van der Waals surface area contributed by atoms with E-state index in [-0.39, 0.29) is 5.91 Å². The molecule has 2 aliphatic heterocycles. The van der Waals surface area contributed by atoms with Crippen molar-refractivity contribution in [3.05, 3.63) is 11.9 Å². The Morgan fingerprint density at radius 3 is 2.65 bits per heavy atom. The molecule has 0 aliphatic carbocycles. The van der Waals surface area contributed by atoms with Crippen LogP contribution in [0.4, 0.5) is 0 Å². The third-order valence-corrected chi connectivity index (χ3v) is 5.23. The molecule has 2 fully saturated rings. The monoisotopic (exact) mass is 319 g/mol. The first-order valence-corrected chi connectivity index (χ1v) is 9.06. The van der Waals surface area contributed by atoms with Crippen LogP contribution in [0.1, 0.15) is 44.2 Å². The normalized spacial score (nSPS) is 23.7. The lowest BCUT2D eigenvalue weighted by Gasteiger charge is -2.35. The lowest BCUT2D eigenvalue weighted by atomic mass is 9.97. The van der Waals surface area contributed by atoms with Crippen LogP contribution < -0.4 is 0 Å². The maximum absolute atomic E-state index is 12.6. The highest BCUT2D eigenvalue weighted by Gasteiger charge is 2.26. The van der Waals surface area contributed by atoms with Crippen molar-refractivity contribution >= 4 is 5.91 Å². The second-order valence-corrected chi connectivity index (χ2v) is 7.09. The van der Waals surface area contributed by atoms with E-state index in [1.807, 2.05) is 7.05 Å². The fourth-order valence-corrected chi connectivity index (χ4v) is 3.86. The van der Waals surface area contributed by atoms with E-state index in [4.69, 9.17) is 0 Å². The molecule has 2 aliphatic rings. The van der Waals surface area contributed by atoms with Gasteiger partial charge in [0.1, 0.15) is 0 Å². The van der Waals surface area contributed by atoms with E-state index >= 15 is 0 Å². The zero-order chi connectivity index (χ0) is 16.1. The van der Waals surface area contributed by atoms with Crippen molar-refractivity contribution in [1.82, 2.24) is 24.8 Å². The van der Waals surface area contributed by atoms with Gasteiger partial charge in [0.2, 0.25) is 5.91 Å². The predicted molar refractivity (Wildman–Crippen MR) is 88.9 cm³/mol. The minimum absolute atomic E-state index is 0.218. The quantitative estimate of drug-likeness (QED) is 0.843. The van der Waals surface area contributed by atoms with Crippen LogP contribution in [0.25, 0.3) is 0 Å². The molecule has 3 heterocycles. The van der Waals surface area contributed by atoms with Crippen LogP contribution in [0.2, 0.25) is 0 Å². The fourth-order valence-electron chi connectivity index (χ4n) is 3.86. The second kappa shape index (κ2) is 7.90. The van der Waals surface area contributed by atoms with Crippen LogP contribution in [-0.4, -0.2) is 63.4 Å². The number of piperidine rings is 1. The molecule has 3 rings (SSSR count). The summed E-state index contributed by atoms with van der Waals surface area (Å²) in [6.07, 6.45) is 9.93. The lowest BCUT2D eigenvalue weighted by molar-refractivity contribution is -0.132. The number of nitrogens with zero attached hydrogens (tertiary/aromatic N) is 5. The summed E-state index contributed by atoms with van der Waals surface area (Å²) in [7, 11) is 1.84. The summed E-state index contributed by atoms with van der Waals surface area (Å²) < 4.78 is 1.69. The average molecular weight is 319 g/mol. The van der Waals surface area contributed by atoms with Crippen molar-refractivity contribution in [2.45, 2.75) is 44.9 Å². The molecular weight excluding hydrogens is 290 g/mol. The van der Waals surface area contributed by atoms with Gasteiger partial charge in [-0.05, 0) is 44.7 Å². The summed E-state index contributed by atoms with van der Waals surface area (Å²) in [5, 5.41) is 7.76. The molecule has 0 bridgehead atoms. The van der Waals surface area contributed by atoms with E-state index in [0.29, 0.717) is 12.3 Å². The topological polar surface area (TPSA) is 54.3 Å². The van der Waals surface area contributed by atoms with Crippen LogP contribution in [-0.2, 0) is 18.3 Å². The molecule has 6 nitrogen and oxygen atoms in total. The van der Waals surface area contributed by atoms with E-state index in [9.17, 15) is 4.79 Å². The number of aryl methyl sites for hydroxylation is 1. The smallest absolute Gasteiger partial charge is 0.228 e. The van der Waals surface area contributed by atoms with Gasteiger partial charge in [-0.2, -0.15) is 0 Å². The van der Waals surface area contributed by atoms with Gasteiger partial charge in [0.15, 0.2) is 0 Å². The number of carbonyl (C=O) groups is 1. The van der Waals surface area contributed by atoms with E-state index in [2.05, 4.69) is 20.1 Å². The zero-order valence-corrected chi connectivity index (χ0v) is 14.3. The number of hydrogen-bond donors (Lipinski definition) is 0. The van der Waals surface area contributed by atoms with Gasteiger partial charge >= 0.3 is 0 Å². The van der Waals surface area contributed by atoms with Crippen LogP contribution in [0, 0.1) is 5.92 Å². The molecule has 0 aromatic carbocycles. The van der Waals surface area contributed by atoms with E-state index < -0.39 is 0 Å². The molecule has 0 spiro atoms. The largest absolute Gasteiger partial charge is 0.342 e. The summed E-state index contributed by atoms with van der Waals surface area (Å²) >= 11 is 0. The maximum Gasteiger partial charge on any atom is 0.228 e. The minimum Gasteiger partial charge on any atom is -0.342 e. The molecule has 1 amide bonds. The van der Waals surface area contributed by atoms with E-state index in [0.717, 1.165) is 31.7 Å². The molecule has 6 heteroatoms. The number of rotatable bonds is 4. The number of aromatic nitrogens is 3. The first kappa shape index (κ1) is 16.4. The molecule has 1 atom stereocenters.